The van der Waals surface area contributed by atoms with E-state index < -0.39 is 17.8 Å². The van der Waals surface area contributed by atoms with Crippen molar-refractivity contribution < 1.29 is 14.4 Å². The molecule has 5 nitrogen and oxygen atoms in total. The van der Waals surface area contributed by atoms with Crippen molar-refractivity contribution in [1.29, 1.82) is 0 Å². The molecule has 4 atom stereocenters. The first kappa shape index (κ1) is 14.4. The van der Waals surface area contributed by atoms with Gasteiger partial charge in [0.25, 0.3) is 0 Å². The van der Waals surface area contributed by atoms with Crippen LogP contribution in [0.15, 0.2) is 54.6 Å². The molecule has 2 aromatic carbocycles. The molecular weight excluding hydrogens is 316 g/mol. The average molecular weight is 332 g/mol. The van der Waals surface area contributed by atoms with Gasteiger partial charge in [-0.25, -0.2) is 4.90 Å². The van der Waals surface area contributed by atoms with Gasteiger partial charge in [-0.05, 0) is 22.9 Å². The Hall–Kier alpha value is -2.95. The summed E-state index contributed by atoms with van der Waals surface area (Å²) < 4.78 is 0. The summed E-state index contributed by atoms with van der Waals surface area (Å²) in [5.41, 5.74) is 0.581. The van der Waals surface area contributed by atoms with Gasteiger partial charge in [0.05, 0.1) is 29.5 Å². The van der Waals surface area contributed by atoms with Crippen LogP contribution in [0.25, 0.3) is 10.8 Å². The minimum Gasteiger partial charge on any atom is -0.338 e. The molecular formula is C20H16N2O3. The predicted octanol–water partition coefficient (Wildman–Crippen LogP) is 1.97. The van der Waals surface area contributed by atoms with E-state index in [2.05, 4.69) is 0 Å². The lowest BCUT2D eigenvalue weighted by Gasteiger charge is -2.44. The minimum absolute atomic E-state index is 0.0738. The van der Waals surface area contributed by atoms with Gasteiger partial charge < -0.3 is 4.90 Å². The number of rotatable bonds is 1. The fourth-order valence-corrected chi connectivity index (χ4v) is 4.48. The summed E-state index contributed by atoms with van der Waals surface area (Å²) in [4.78, 5) is 41.4. The van der Waals surface area contributed by atoms with E-state index in [0.29, 0.717) is 5.69 Å². The van der Waals surface area contributed by atoms with Gasteiger partial charge in [-0.15, -0.1) is 0 Å². The third-order valence-corrected chi connectivity index (χ3v) is 5.74. The highest BCUT2D eigenvalue weighted by atomic mass is 16.2. The van der Waals surface area contributed by atoms with Crippen LogP contribution in [0.4, 0.5) is 5.69 Å². The van der Waals surface area contributed by atoms with Gasteiger partial charge in [0, 0.05) is 7.05 Å². The molecule has 2 saturated heterocycles. The summed E-state index contributed by atoms with van der Waals surface area (Å²) in [5, 5.41) is 2.03. The van der Waals surface area contributed by atoms with E-state index >= 15 is 0 Å². The SMILES string of the molecule is CN1C(=O)C2C=CC1[C@H]1C(=O)N(c3ccc4ccccc4c3)C(=O)[C@@H]21. The number of anilines is 1. The number of imide groups is 1. The molecule has 2 unspecified atom stereocenters. The normalized spacial score (nSPS) is 30.5. The van der Waals surface area contributed by atoms with E-state index in [1.54, 1.807) is 24.1 Å². The van der Waals surface area contributed by atoms with Gasteiger partial charge >= 0.3 is 0 Å². The predicted molar refractivity (Wildman–Crippen MR) is 92.6 cm³/mol. The lowest BCUT2D eigenvalue weighted by Crippen LogP contribution is -2.57. The van der Waals surface area contributed by atoms with Crippen LogP contribution in [0, 0.1) is 17.8 Å². The highest BCUT2D eigenvalue weighted by Crippen LogP contribution is 2.46. The van der Waals surface area contributed by atoms with Crippen LogP contribution >= 0.6 is 0 Å². The van der Waals surface area contributed by atoms with Gasteiger partial charge in [0.2, 0.25) is 17.7 Å². The number of benzene rings is 2. The summed E-state index contributed by atoms with van der Waals surface area (Å²) in [6.07, 6.45) is 3.69. The monoisotopic (exact) mass is 332 g/mol. The van der Waals surface area contributed by atoms with E-state index in [-0.39, 0.29) is 23.8 Å². The van der Waals surface area contributed by atoms with Crippen molar-refractivity contribution in [3.05, 3.63) is 54.6 Å². The molecule has 2 fully saturated rings. The molecule has 0 spiro atoms. The van der Waals surface area contributed by atoms with Crippen LogP contribution in [0.2, 0.25) is 0 Å². The zero-order chi connectivity index (χ0) is 17.3. The molecule has 4 aliphatic rings. The van der Waals surface area contributed by atoms with Gasteiger partial charge in [-0.3, -0.25) is 14.4 Å². The Morgan fingerprint density at radius 1 is 0.800 bits per heavy atom. The Bertz CT molecular complexity index is 980. The molecule has 3 aliphatic heterocycles. The van der Waals surface area contributed by atoms with E-state index in [9.17, 15) is 14.4 Å². The van der Waals surface area contributed by atoms with E-state index in [0.717, 1.165) is 10.8 Å². The third-order valence-electron chi connectivity index (χ3n) is 5.74. The lowest BCUT2D eigenvalue weighted by atomic mass is 9.70. The van der Waals surface area contributed by atoms with Crippen LogP contribution in [-0.2, 0) is 14.4 Å². The maximum absolute atomic E-state index is 13.1. The number of nitrogens with zero attached hydrogens (tertiary/aromatic N) is 2. The first-order chi connectivity index (χ1) is 12.1. The van der Waals surface area contributed by atoms with Crippen molar-refractivity contribution in [1.82, 2.24) is 4.90 Å². The molecule has 3 heterocycles. The Morgan fingerprint density at radius 3 is 2.32 bits per heavy atom. The third kappa shape index (κ3) is 1.75. The van der Waals surface area contributed by atoms with E-state index in [1.807, 2.05) is 42.5 Å². The summed E-state index contributed by atoms with van der Waals surface area (Å²) in [6, 6.07) is 13.1. The molecule has 0 aromatic heterocycles. The molecule has 1 aliphatic carbocycles. The largest absolute Gasteiger partial charge is 0.338 e. The van der Waals surface area contributed by atoms with Gasteiger partial charge in [-0.1, -0.05) is 42.5 Å². The van der Waals surface area contributed by atoms with Gasteiger partial charge in [-0.2, -0.15) is 0 Å². The zero-order valence-corrected chi connectivity index (χ0v) is 13.6. The van der Waals surface area contributed by atoms with Crippen molar-refractivity contribution in [2.75, 3.05) is 11.9 Å². The minimum atomic E-state index is -0.572. The molecule has 3 amide bonds. The molecule has 0 radical (unpaired) electrons. The number of amides is 3. The fourth-order valence-electron chi connectivity index (χ4n) is 4.48. The second kappa shape index (κ2) is 4.79. The Morgan fingerprint density at radius 2 is 1.52 bits per heavy atom. The highest BCUT2D eigenvalue weighted by Gasteiger charge is 2.61. The van der Waals surface area contributed by atoms with Gasteiger partial charge in [0.15, 0.2) is 0 Å². The summed E-state index contributed by atoms with van der Waals surface area (Å²) in [7, 11) is 1.70. The zero-order valence-electron chi connectivity index (χ0n) is 13.6. The maximum Gasteiger partial charge on any atom is 0.240 e. The Labute approximate surface area is 144 Å². The van der Waals surface area contributed by atoms with Crippen LogP contribution in [0.5, 0.6) is 0 Å². The highest BCUT2D eigenvalue weighted by molar-refractivity contribution is 6.24. The number of hydrogen-bond donors (Lipinski definition) is 0. The molecule has 0 N–H and O–H groups in total. The summed E-state index contributed by atoms with van der Waals surface area (Å²) in [6.45, 7) is 0. The Kier molecular flexibility index (Phi) is 2.76. The number of piperidine rings is 1. The number of carbonyl (C=O) groups excluding carboxylic acids is 3. The maximum atomic E-state index is 13.1. The first-order valence-electron chi connectivity index (χ1n) is 8.39. The second-order valence-electron chi connectivity index (χ2n) is 6.95. The molecule has 0 saturated carbocycles. The second-order valence-corrected chi connectivity index (χ2v) is 6.95. The van der Waals surface area contributed by atoms with Crippen LogP contribution in [0.3, 0.4) is 0 Å². The molecule has 2 aromatic rings. The standard InChI is InChI=1S/C20H16N2O3/c1-21-15-9-8-14(18(21)23)16-17(15)20(25)22(19(16)24)13-7-6-11-4-2-3-5-12(11)10-13/h2-10,14-17H,1H3/t14?,15?,16-,17+/m0/s1. The number of fused-ring (bicyclic) bond motifs is 2. The van der Waals surface area contributed by atoms with Crippen molar-refractivity contribution in [3.63, 3.8) is 0 Å². The summed E-state index contributed by atoms with van der Waals surface area (Å²) in [5.74, 6) is -2.11. The molecule has 5 heteroatoms. The van der Waals surface area contributed by atoms with Gasteiger partial charge in [0.1, 0.15) is 0 Å². The van der Waals surface area contributed by atoms with Crippen LogP contribution in [0.1, 0.15) is 0 Å². The lowest BCUT2D eigenvalue weighted by molar-refractivity contribution is -0.148. The van der Waals surface area contributed by atoms with E-state index in [4.69, 9.17) is 0 Å². The van der Waals surface area contributed by atoms with Crippen molar-refractivity contribution in [3.8, 4) is 0 Å². The van der Waals surface area contributed by atoms with Crippen molar-refractivity contribution in [2.45, 2.75) is 6.04 Å². The smallest absolute Gasteiger partial charge is 0.240 e. The number of hydrogen-bond acceptors (Lipinski definition) is 3. The summed E-state index contributed by atoms with van der Waals surface area (Å²) >= 11 is 0. The van der Waals surface area contributed by atoms with Crippen molar-refractivity contribution >= 4 is 34.2 Å². The van der Waals surface area contributed by atoms with E-state index in [1.165, 1.54) is 4.90 Å². The molecule has 2 bridgehead atoms. The first-order valence-corrected chi connectivity index (χ1v) is 8.39. The Balaban J connectivity index is 1.61. The molecule has 124 valence electrons. The van der Waals surface area contributed by atoms with Crippen LogP contribution < -0.4 is 4.90 Å². The average Bonchev–Trinajstić information content (AvgIpc) is 2.90. The number of carbonyl (C=O) groups is 3. The molecule has 6 rings (SSSR count). The fraction of sp³-hybridized carbons (Fsp3) is 0.250. The molecule has 25 heavy (non-hydrogen) atoms. The topological polar surface area (TPSA) is 57.7 Å². The quantitative estimate of drug-likeness (QED) is 0.593. The van der Waals surface area contributed by atoms with Crippen LogP contribution in [-0.4, -0.2) is 35.7 Å². The number of likely N-dealkylation sites (N-methyl/N-ethyl adjacent to an activating group) is 1. The van der Waals surface area contributed by atoms with Crippen molar-refractivity contribution in [2.24, 2.45) is 17.8 Å².